The van der Waals surface area contributed by atoms with Gasteiger partial charge in [-0.05, 0) is 49.1 Å². The van der Waals surface area contributed by atoms with Gasteiger partial charge in [-0.2, -0.15) is 0 Å². The molecule has 0 atom stereocenters. The van der Waals surface area contributed by atoms with Crippen LogP contribution in [0.5, 0.6) is 0 Å². The Hall–Kier alpha value is -2.61. The summed E-state index contributed by atoms with van der Waals surface area (Å²) in [5.41, 5.74) is 0.733. The summed E-state index contributed by atoms with van der Waals surface area (Å²) in [5.74, 6) is -0.158. The first kappa shape index (κ1) is 22.6. The van der Waals surface area contributed by atoms with E-state index in [-0.39, 0.29) is 24.4 Å². The SMILES string of the molecule is CCC(C)(C)C1CCC2(CC1)NC(=O)N(CC(=O)NCc1cn3cc(Cl)ccc3n1)C2=O. The Morgan fingerprint density at radius 3 is 2.69 bits per heavy atom. The monoisotopic (exact) mass is 459 g/mol. The smallest absolute Gasteiger partial charge is 0.325 e. The van der Waals surface area contributed by atoms with E-state index in [1.807, 2.05) is 0 Å². The van der Waals surface area contributed by atoms with E-state index in [2.05, 4.69) is 36.4 Å². The predicted molar refractivity (Wildman–Crippen MR) is 121 cm³/mol. The van der Waals surface area contributed by atoms with Crippen LogP contribution in [0.3, 0.4) is 0 Å². The van der Waals surface area contributed by atoms with Gasteiger partial charge in [0, 0.05) is 12.4 Å². The average Bonchev–Trinajstić information content (AvgIpc) is 3.26. The van der Waals surface area contributed by atoms with Crippen LogP contribution in [0.25, 0.3) is 5.65 Å². The number of pyridine rings is 1. The summed E-state index contributed by atoms with van der Waals surface area (Å²) < 4.78 is 1.78. The second-order valence-electron chi connectivity index (χ2n) is 9.64. The van der Waals surface area contributed by atoms with Gasteiger partial charge in [0.1, 0.15) is 17.7 Å². The zero-order chi connectivity index (χ0) is 23.1. The Labute approximate surface area is 192 Å². The molecule has 4 amide bonds. The topological polar surface area (TPSA) is 95.8 Å². The minimum atomic E-state index is -0.863. The molecule has 8 nitrogen and oxygen atoms in total. The highest BCUT2D eigenvalue weighted by Gasteiger charge is 2.53. The molecule has 2 aliphatic rings. The number of hydrogen-bond acceptors (Lipinski definition) is 4. The summed E-state index contributed by atoms with van der Waals surface area (Å²) in [6, 6.07) is 3.05. The summed E-state index contributed by atoms with van der Waals surface area (Å²) in [6.45, 7) is 6.61. The van der Waals surface area contributed by atoms with Crippen LogP contribution in [-0.2, 0) is 16.1 Å². The molecule has 0 aromatic carbocycles. The van der Waals surface area contributed by atoms with Crippen molar-refractivity contribution in [2.75, 3.05) is 6.54 Å². The maximum absolute atomic E-state index is 13.1. The van der Waals surface area contributed by atoms with Crippen LogP contribution in [0, 0.1) is 11.3 Å². The maximum atomic E-state index is 13.1. The molecule has 1 spiro atoms. The number of nitrogens with zero attached hydrogens (tertiary/aromatic N) is 3. The third-order valence-electron chi connectivity index (χ3n) is 7.33. The summed E-state index contributed by atoms with van der Waals surface area (Å²) in [7, 11) is 0. The zero-order valence-corrected chi connectivity index (χ0v) is 19.5. The van der Waals surface area contributed by atoms with Crippen LogP contribution >= 0.6 is 11.6 Å². The van der Waals surface area contributed by atoms with Crippen molar-refractivity contribution in [3.63, 3.8) is 0 Å². The van der Waals surface area contributed by atoms with E-state index in [1.54, 1.807) is 28.9 Å². The average molecular weight is 460 g/mol. The van der Waals surface area contributed by atoms with Crippen molar-refractivity contribution in [2.24, 2.45) is 11.3 Å². The molecule has 4 rings (SSSR count). The van der Waals surface area contributed by atoms with E-state index in [1.165, 1.54) is 0 Å². The Morgan fingerprint density at radius 2 is 2.00 bits per heavy atom. The van der Waals surface area contributed by atoms with E-state index < -0.39 is 17.5 Å². The fourth-order valence-corrected chi connectivity index (χ4v) is 5.00. The van der Waals surface area contributed by atoms with Gasteiger partial charge in [0.05, 0.1) is 17.3 Å². The molecule has 1 aliphatic heterocycles. The van der Waals surface area contributed by atoms with Gasteiger partial charge in [-0.1, -0.05) is 38.8 Å². The summed E-state index contributed by atoms with van der Waals surface area (Å²) in [5, 5.41) is 6.23. The first-order valence-corrected chi connectivity index (χ1v) is 11.6. The lowest BCUT2D eigenvalue weighted by molar-refractivity contribution is -0.136. The number of aromatic nitrogens is 2. The number of halogens is 1. The Bertz CT molecular complexity index is 1060. The standard InChI is InChI=1S/C23H30ClN5O3/c1-4-22(2,3)15-7-9-23(10-8-15)20(31)29(21(32)27-23)14-19(30)25-11-17-13-28-12-16(24)5-6-18(28)26-17/h5-6,12-13,15H,4,7-11,14H2,1-3H3,(H,25,30)(H,27,32). The molecule has 1 aliphatic carbocycles. The molecule has 2 fully saturated rings. The quantitative estimate of drug-likeness (QED) is 0.646. The van der Waals surface area contributed by atoms with Gasteiger partial charge in [0.2, 0.25) is 5.91 Å². The lowest BCUT2D eigenvalue weighted by Crippen LogP contribution is -2.51. The van der Waals surface area contributed by atoms with Gasteiger partial charge in [0.25, 0.3) is 5.91 Å². The molecule has 172 valence electrons. The highest BCUT2D eigenvalue weighted by Crippen LogP contribution is 2.45. The number of hydrogen-bond donors (Lipinski definition) is 2. The number of imidazole rings is 1. The third-order valence-corrected chi connectivity index (χ3v) is 7.56. The summed E-state index contributed by atoms with van der Waals surface area (Å²) in [4.78, 5) is 43.6. The zero-order valence-electron chi connectivity index (χ0n) is 18.8. The second-order valence-corrected chi connectivity index (χ2v) is 10.1. The second kappa shape index (κ2) is 8.39. The van der Waals surface area contributed by atoms with Gasteiger partial charge in [-0.25, -0.2) is 9.78 Å². The molecular weight excluding hydrogens is 430 g/mol. The lowest BCUT2D eigenvalue weighted by Gasteiger charge is -2.42. The highest BCUT2D eigenvalue weighted by molar-refractivity contribution is 6.30. The normalized spacial score (nSPS) is 23.8. The fourth-order valence-electron chi connectivity index (χ4n) is 4.83. The van der Waals surface area contributed by atoms with Crippen LogP contribution in [0.1, 0.15) is 58.6 Å². The molecular formula is C23H30ClN5O3. The number of urea groups is 1. The van der Waals surface area contributed by atoms with Gasteiger partial charge >= 0.3 is 6.03 Å². The molecule has 2 aromatic heterocycles. The van der Waals surface area contributed by atoms with Crippen molar-refractivity contribution in [3.8, 4) is 0 Å². The minimum Gasteiger partial charge on any atom is -0.349 e. The molecule has 1 saturated carbocycles. The van der Waals surface area contributed by atoms with Crippen molar-refractivity contribution < 1.29 is 14.4 Å². The number of amides is 4. The highest BCUT2D eigenvalue weighted by atomic mass is 35.5. The van der Waals surface area contributed by atoms with Crippen molar-refractivity contribution in [1.82, 2.24) is 24.9 Å². The van der Waals surface area contributed by atoms with Gasteiger partial charge < -0.3 is 15.0 Å². The predicted octanol–water partition coefficient (Wildman–Crippen LogP) is 3.52. The first-order valence-electron chi connectivity index (χ1n) is 11.2. The number of carbonyl (C=O) groups excluding carboxylic acids is 3. The Balaban J connectivity index is 1.34. The van der Waals surface area contributed by atoms with Crippen molar-refractivity contribution in [2.45, 2.75) is 65.0 Å². The van der Waals surface area contributed by atoms with Crippen LogP contribution in [0.2, 0.25) is 5.02 Å². The molecule has 1 saturated heterocycles. The maximum Gasteiger partial charge on any atom is 0.325 e. The van der Waals surface area contributed by atoms with Gasteiger partial charge in [-0.15, -0.1) is 0 Å². The molecule has 3 heterocycles. The van der Waals surface area contributed by atoms with Crippen LogP contribution in [-0.4, -0.2) is 44.2 Å². The van der Waals surface area contributed by atoms with Crippen LogP contribution in [0.4, 0.5) is 4.79 Å². The lowest BCUT2D eigenvalue weighted by atomic mass is 9.65. The molecule has 2 N–H and O–H groups in total. The van der Waals surface area contributed by atoms with E-state index in [0.29, 0.717) is 29.5 Å². The number of nitrogens with one attached hydrogen (secondary N) is 2. The largest absolute Gasteiger partial charge is 0.349 e. The molecule has 0 bridgehead atoms. The van der Waals surface area contributed by atoms with E-state index >= 15 is 0 Å². The summed E-state index contributed by atoms with van der Waals surface area (Å²) >= 11 is 5.98. The first-order chi connectivity index (χ1) is 15.1. The number of carbonyl (C=O) groups is 3. The van der Waals surface area contributed by atoms with Gasteiger partial charge in [-0.3, -0.25) is 14.5 Å². The molecule has 9 heteroatoms. The molecule has 32 heavy (non-hydrogen) atoms. The Morgan fingerprint density at radius 1 is 1.28 bits per heavy atom. The summed E-state index contributed by atoms with van der Waals surface area (Å²) in [6.07, 6.45) is 7.62. The number of fused-ring (bicyclic) bond motifs is 1. The Kier molecular flexibility index (Phi) is 5.92. The molecule has 0 radical (unpaired) electrons. The van der Waals surface area contributed by atoms with Gasteiger partial charge in [0.15, 0.2) is 0 Å². The van der Waals surface area contributed by atoms with Crippen molar-refractivity contribution >= 4 is 35.1 Å². The van der Waals surface area contributed by atoms with Crippen LogP contribution < -0.4 is 10.6 Å². The molecule has 2 aromatic rings. The fraction of sp³-hybridized carbons (Fsp3) is 0.565. The van der Waals surface area contributed by atoms with Crippen molar-refractivity contribution in [3.05, 3.63) is 35.2 Å². The van der Waals surface area contributed by atoms with E-state index in [0.717, 1.165) is 29.8 Å². The van der Waals surface area contributed by atoms with Crippen molar-refractivity contribution in [1.29, 1.82) is 0 Å². The minimum absolute atomic E-state index is 0.195. The number of imide groups is 1. The van der Waals surface area contributed by atoms with E-state index in [4.69, 9.17) is 11.6 Å². The van der Waals surface area contributed by atoms with Crippen LogP contribution in [0.15, 0.2) is 24.5 Å². The third kappa shape index (κ3) is 4.20. The number of rotatable bonds is 6. The van der Waals surface area contributed by atoms with E-state index in [9.17, 15) is 14.4 Å². The molecule has 0 unspecified atom stereocenters.